The maximum Gasteiger partial charge on any atom is 0.141 e. The summed E-state index contributed by atoms with van der Waals surface area (Å²) < 4.78 is 15.2. The summed E-state index contributed by atoms with van der Waals surface area (Å²) in [5.41, 5.74) is 3.62. The molecular weight excluding hydrogens is 333 g/mol. The van der Waals surface area contributed by atoms with E-state index in [1.807, 2.05) is 13.1 Å². The van der Waals surface area contributed by atoms with Crippen LogP contribution >= 0.6 is 0 Å². The van der Waals surface area contributed by atoms with Crippen LogP contribution in [0.25, 0.3) is 0 Å². The van der Waals surface area contributed by atoms with Gasteiger partial charge >= 0.3 is 0 Å². The molecule has 0 spiro atoms. The molecule has 0 aromatic carbocycles. The van der Waals surface area contributed by atoms with Crippen LogP contribution in [0.3, 0.4) is 0 Å². The first-order valence-corrected chi connectivity index (χ1v) is 8.59. The van der Waals surface area contributed by atoms with E-state index in [2.05, 4.69) is 15.2 Å². The number of halogens is 1. The summed E-state index contributed by atoms with van der Waals surface area (Å²) in [6, 6.07) is 3.58. The Morgan fingerprint density at radius 2 is 2.04 bits per heavy atom. The number of hydrazone groups is 1. The van der Waals surface area contributed by atoms with E-state index in [0.717, 1.165) is 29.1 Å². The molecule has 134 valence electrons. The minimum absolute atomic E-state index is 0.232. The van der Waals surface area contributed by atoms with Crippen LogP contribution in [0.5, 0.6) is 0 Å². The molecule has 2 unspecified atom stereocenters. The van der Waals surface area contributed by atoms with Crippen molar-refractivity contribution in [1.29, 1.82) is 10.8 Å². The average molecular weight is 353 g/mol. The number of aryl methyl sites for hydroxylation is 1. The molecule has 0 saturated heterocycles. The van der Waals surface area contributed by atoms with E-state index in [-0.39, 0.29) is 23.5 Å². The Labute approximate surface area is 150 Å². The molecule has 0 bridgehead atoms. The third-order valence-corrected chi connectivity index (χ3v) is 4.91. The minimum Gasteiger partial charge on any atom is -0.287 e. The van der Waals surface area contributed by atoms with Crippen LogP contribution in [-0.4, -0.2) is 37.2 Å². The summed E-state index contributed by atoms with van der Waals surface area (Å²) >= 11 is 0. The monoisotopic (exact) mass is 353 g/mol. The van der Waals surface area contributed by atoms with Crippen LogP contribution < -0.4 is 0 Å². The van der Waals surface area contributed by atoms with Gasteiger partial charge in [-0.05, 0) is 37.0 Å². The van der Waals surface area contributed by atoms with Crippen molar-refractivity contribution in [3.63, 3.8) is 0 Å². The maximum atomic E-state index is 13.4. The summed E-state index contributed by atoms with van der Waals surface area (Å²) in [7, 11) is 1.88. The molecule has 7 nitrogen and oxygen atoms in total. The maximum absolute atomic E-state index is 13.4. The number of nitrogens with zero attached hydrogens (tertiary/aromatic N) is 5. The third kappa shape index (κ3) is 2.91. The Bertz CT molecular complexity index is 929. The van der Waals surface area contributed by atoms with Crippen molar-refractivity contribution in [2.45, 2.75) is 38.0 Å². The number of hydrogen-bond donors (Lipinski definition) is 2. The van der Waals surface area contributed by atoms with Crippen LogP contribution in [0.1, 0.15) is 55.0 Å². The lowest BCUT2D eigenvalue weighted by Gasteiger charge is -2.24. The van der Waals surface area contributed by atoms with E-state index in [1.165, 1.54) is 11.2 Å². The van der Waals surface area contributed by atoms with Crippen LogP contribution in [0, 0.1) is 16.6 Å². The molecule has 3 heterocycles. The molecular formula is C18H20FN7. The van der Waals surface area contributed by atoms with Gasteiger partial charge in [-0.1, -0.05) is 0 Å². The highest BCUT2D eigenvalue weighted by Gasteiger charge is 2.42. The highest BCUT2D eigenvalue weighted by Crippen LogP contribution is 2.54. The molecule has 2 aromatic heterocycles. The Kier molecular flexibility index (Phi) is 3.90. The van der Waals surface area contributed by atoms with Gasteiger partial charge in [0.05, 0.1) is 23.3 Å². The number of aromatic nitrogens is 3. The number of rotatable bonds is 3. The molecule has 2 N–H and O–H groups in total. The SMILES string of the molecule is CC(=N)N1N=C(c2cc(C3CC3c3cncc(F)c3)nn2C)CCC1=N. The molecule has 8 heteroatoms. The van der Waals surface area contributed by atoms with Gasteiger partial charge in [-0.2, -0.15) is 10.2 Å². The number of amidine groups is 2. The van der Waals surface area contributed by atoms with E-state index in [1.54, 1.807) is 23.9 Å². The lowest BCUT2D eigenvalue weighted by Crippen LogP contribution is -2.35. The van der Waals surface area contributed by atoms with Crippen molar-refractivity contribution < 1.29 is 4.39 Å². The summed E-state index contributed by atoms with van der Waals surface area (Å²) in [5, 5.41) is 26.1. The molecule has 2 aliphatic rings. The van der Waals surface area contributed by atoms with E-state index < -0.39 is 0 Å². The largest absolute Gasteiger partial charge is 0.287 e. The van der Waals surface area contributed by atoms with Crippen LogP contribution in [-0.2, 0) is 7.05 Å². The van der Waals surface area contributed by atoms with Crippen molar-refractivity contribution in [2.75, 3.05) is 0 Å². The van der Waals surface area contributed by atoms with E-state index in [9.17, 15) is 4.39 Å². The zero-order valence-corrected chi connectivity index (χ0v) is 14.7. The standard InChI is InChI=1S/C18H20FN7/c1-10(20)26-18(21)4-3-15(24-26)17-7-16(23-25(17)2)14-6-13(14)11-5-12(19)9-22-8-11/h5,7-9,13-14,20-21H,3-4,6H2,1-2H3. The van der Waals surface area contributed by atoms with Gasteiger partial charge in [0.25, 0.3) is 0 Å². The first-order valence-electron chi connectivity index (χ1n) is 8.59. The minimum atomic E-state index is -0.309. The fourth-order valence-electron chi connectivity index (χ4n) is 3.49. The molecule has 26 heavy (non-hydrogen) atoms. The van der Waals surface area contributed by atoms with E-state index in [0.29, 0.717) is 18.7 Å². The van der Waals surface area contributed by atoms with Crippen LogP contribution in [0.15, 0.2) is 29.6 Å². The summed E-state index contributed by atoms with van der Waals surface area (Å²) in [6.07, 6.45) is 5.08. The van der Waals surface area contributed by atoms with Gasteiger partial charge in [0.1, 0.15) is 17.5 Å². The van der Waals surface area contributed by atoms with Crippen molar-refractivity contribution >= 4 is 17.4 Å². The second-order valence-electron chi connectivity index (χ2n) is 6.85. The van der Waals surface area contributed by atoms with Crippen molar-refractivity contribution in [2.24, 2.45) is 12.1 Å². The second kappa shape index (κ2) is 6.12. The van der Waals surface area contributed by atoms with Crippen molar-refractivity contribution in [1.82, 2.24) is 19.8 Å². The molecule has 4 rings (SSSR count). The molecule has 1 aliphatic heterocycles. The molecule has 2 aromatic rings. The predicted molar refractivity (Wildman–Crippen MR) is 96.2 cm³/mol. The fourth-order valence-corrected chi connectivity index (χ4v) is 3.49. The van der Waals surface area contributed by atoms with Gasteiger partial charge in [-0.3, -0.25) is 20.5 Å². The lowest BCUT2D eigenvalue weighted by molar-refractivity contribution is 0.601. The Morgan fingerprint density at radius 3 is 2.77 bits per heavy atom. The van der Waals surface area contributed by atoms with Crippen LogP contribution in [0.4, 0.5) is 4.39 Å². The highest BCUT2D eigenvalue weighted by atomic mass is 19.1. The summed E-state index contributed by atoms with van der Waals surface area (Å²) in [4.78, 5) is 3.94. The second-order valence-corrected chi connectivity index (χ2v) is 6.85. The van der Waals surface area contributed by atoms with Crippen LogP contribution in [0.2, 0.25) is 0 Å². The Morgan fingerprint density at radius 1 is 1.23 bits per heavy atom. The first-order chi connectivity index (χ1) is 12.4. The lowest BCUT2D eigenvalue weighted by atomic mass is 10.1. The van der Waals surface area contributed by atoms with Gasteiger partial charge in [-0.25, -0.2) is 9.40 Å². The fraction of sp³-hybridized carbons (Fsp3) is 0.389. The molecule has 1 aliphatic carbocycles. The van der Waals surface area contributed by atoms with Crippen molar-refractivity contribution in [3.8, 4) is 0 Å². The zero-order valence-electron chi connectivity index (χ0n) is 14.7. The molecule has 0 radical (unpaired) electrons. The predicted octanol–water partition coefficient (Wildman–Crippen LogP) is 3.00. The molecule has 2 atom stereocenters. The Balaban J connectivity index is 1.58. The summed E-state index contributed by atoms with van der Waals surface area (Å²) in [5.74, 6) is 0.778. The van der Waals surface area contributed by atoms with Gasteiger partial charge < -0.3 is 0 Å². The van der Waals surface area contributed by atoms with E-state index >= 15 is 0 Å². The molecule has 0 amide bonds. The molecule has 1 fully saturated rings. The third-order valence-electron chi connectivity index (χ3n) is 4.91. The number of hydrogen-bond acceptors (Lipinski definition) is 5. The topological polar surface area (TPSA) is 94.0 Å². The molecule has 1 saturated carbocycles. The van der Waals surface area contributed by atoms with E-state index in [4.69, 9.17) is 10.8 Å². The first kappa shape index (κ1) is 16.6. The highest BCUT2D eigenvalue weighted by molar-refractivity contribution is 6.07. The number of pyridine rings is 1. The number of nitrogens with one attached hydrogen (secondary N) is 2. The van der Waals surface area contributed by atoms with Gasteiger partial charge in [0.15, 0.2) is 0 Å². The smallest absolute Gasteiger partial charge is 0.141 e. The average Bonchev–Trinajstić information content (AvgIpc) is 3.31. The van der Waals surface area contributed by atoms with Gasteiger partial charge in [-0.15, -0.1) is 0 Å². The quantitative estimate of drug-likeness (QED) is 0.656. The normalized spacial score (nSPS) is 22.3. The zero-order chi connectivity index (χ0) is 18.4. The van der Waals surface area contributed by atoms with Gasteiger partial charge in [0, 0.05) is 32.0 Å². The van der Waals surface area contributed by atoms with Gasteiger partial charge in [0.2, 0.25) is 0 Å². The summed E-state index contributed by atoms with van der Waals surface area (Å²) in [6.45, 7) is 1.62. The Hall–Kier alpha value is -2.90. The van der Waals surface area contributed by atoms with Crippen molar-refractivity contribution in [3.05, 3.63) is 47.3 Å².